The fraction of sp³-hybridized carbons (Fsp3) is 0.344. The molecule has 1 N–H and O–H groups in total. The van der Waals surface area contributed by atoms with E-state index in [1.807, 2.05) is 56.6 Å². The van der Waals surface area contributed by atoms with Crippen LogP contribution in [0.1, 0.15) is 63.4 Å². The highest BCUT2D eigenvalue weighted by Gasteiger charge is 2.11. The van der Waals surface area contributed by atoms with Crippen LogP contribution in [0.5, 0.6) is 11.5 Å². The van der Waals surface area contributed by atoms with Crippen LogP contribution in [0.25, 0.3) is 0 Å². The second-order valence-electron chi connectivity index (χ2n) is 9.10. The highest BCUT2D eigenvalue weighted by molar-refractivity contribution is 6.67. The van der Waals surface area contributed by atoms with E-state index in [-0.39, 0.29) is 0 Å². The van der Waals surface area contributed by atoms with Crippen molar-refractivity contribution in [3.63, 3.8) is 0 Å². The number of nitrogens with one attached hydrogen (secondary N) is 1. The summed E-state index contributed by atoms with van der Waals surface area (Å²) < 4.78 is 11.0. The van der Waals surface area contributed by atoms with Crippen molar-refractivity contribution in [2.45, 2.75) is 59.3 Å². The van der Waals surface area contributed by atoms with Gasteiger partial charge in [-0.3, -0.25) is 0 Å². The molecule has 1 aromatic heterocycles. The molecule has 0 fully saturated rings. The van der Waals surface area contributed by atoms with Gasteiger partial charge in [-0.2, -0.15) is 0 Å². The molecule has 1 atom stereocenters. The number of hydrogen-bond acceptors (Lipinski definition) is 3. The maximum Gasteiger partial charge on any atom is 0.191 e. The van der Waals surface area contributed by atoms with Gasteiger partial charge in [0.1, 0.15) is 11.5 Å². The fourth-order valence-electron chi connectivity index (χ4n) is 4.21. The van der Waals surface area contributed by atoms with Crippen molar-refractivity contribution < 1.29 is 9.47 Å². The number of hydrogen-bond donors (Lipinski definition) is 1. The molecule has 0 aliphatic heterocycles. The van der Waals surface area contributed by atoms with E-state index in [0.717, 1.165) is 35.3 Å². The predicted molar refractivity (Wildman–Crippen MR) is 156 cm³/mol. The molecule has 4 rings (SSSR count). The third-order valence-corrected chi connectivity index (χ3v) is 6.13. The zero-order valence-electron chi connectivity index (χ0n) is 22.7. The molecule has 1 unspecified atom stereocenters. The van der Waals surface area contributed by atoms with Gasteiger partial charge in [0.05, 0.1) is 25.2 Å². The van der Waals surface area contributed by atoms with E-state index in [1.165, 1.54) is 29.8 Å². The standard InChI is InChI=1S/C16H18BO2.C16H22N2/c1-3-18-15-9-5-7-13(11-15)17-14-8-6-10-16(12-14)19-4-2;1-3-4-10-15-16(18-12-17-15)11-13(2)14-8-6-5-7-9-14/h5-12H,3-4H2,1-2H3;5-9,12-13H,3-4,10-11H2,1-2H3,(H,17,18). The van der Waals surface area contributed by atoms with E-state index in [9.17, 15) is 0 Å². The Labute approximate surface area is 223 Å². The number of nitrogens with zero attached hydrogens (tertiary/aromatic N) is 1. The predicted octanol–water partition coefficient (Wildman–Crippen LogP) is 6.24. The number of aryl methyl sites for hydroxylation is 1. The van der Waals surface area contributed by atoms with Crippen LogP contribution in [0.4, 0.5) is 0 Å². The lowest BCUT2D eigenvalue weighted by molar-refractivity contribution is 0.340. The Morgan fingerprint density at radius 3 is 2.00 bits per heavy atom. The Morgan fingerprint density at radius 2 is 1.43 bits per heavy atom. The Hall–Kier alpha value is -3.47. The van der Waals surface area contributed by atoms with Crippen LogP contribution in [-0.4, -0.2) is 30.5 Å². The molecule has 0 aliphatic carbocycles. The summed E-state index contributed by atoms with van der Waals surface area (Å²) >= 11 is 0. The summed E-state index contributed by atoms with van der Waals surface area (Å²) in [4.78, 5) is 7.75. The summed E-state index contributed by atoms with van der Waals surface area (Å²) in [6, 6.07) is 26.8. The van der Waals surface area contributed by atoms with E-state index in [4.69, 9.17) is 9.47 Å². The monoisotopic (exact) mass is 495 g/mol. The normalized spacial score (nSPS) is 11.2. The zero-order chi connectivity index (χ0) is 26.3. The highest BCUT2D eigenvalue weighted by atomic mass is 16.5. The van der Waals surface area contributed by atoms with E-state index in [1.54, 1.807) is 0 Å². The largest absolute Gasteiger partial charge is 0.494 e. The molecule has 0 bridgehead atoms. The van der Waals surface area contributed by atoms with Crippen molar-refractivity contribution in [2.24, 2.45) is 0 Å². The zero-order valence-corrected chi connectivity index (χ0v) is 22.7. The average Bonchev–Trinajstić information content (AvgIpc) is 3.36. The number of imidazole rings is 1. The molecule has 37 heavy (non-hydrogen) atoms. The maximum atomic E-state index is 5.50. The Balaban J connectivity index is 0.000000206. The summed E-state index contributed by atoms with van der Waals surface area (Å²) in [6.45, 7) is 9.84. The van der Waals surface area contributed by atoms with Gasteiger partial charge >= 0.3 is 0 Å². The van der Waals surface area contributed by atoms with Gasteiger partial charge in [-0.25, -0.2) is 4.98 Å². The first-order valence-corrected chi connectivity index (χ1v) is 13.5. The molecule has 3 aromatic carbocycles. The van der Waals surface area contributed by atoms with Crippen LogP contribution in [-0.2, 0) is 12.8 Å². The van der Waals surface area contributed by atoms with E-state index >= 15 is 0 Å². The third-order valence-electron chi connectivity index (χ3n) is 6.13. The highest BCUT2D eigenvalue weighted by Crippen LogP contribution is 2.21. The first kappa shape index (κ1) is 28.1. The molecule has 0 saturated heterocycles. The first-order valence-electron chi connectivity index (χ1n) is 13.5. The van der Waals surface area contributed by atoms with Crippen molar-refractivity contribution in [3.8, 4) is 11.5 Å². The minimum Gasteiger partial charge on any atom is -0.494 e. The van der Waals surface area contributed by atoms with Gasteiger partial charge in [-0.1, -0.05) is 85.8 Å². The lowest BCUT2D eigenvalue weighted by atomic mass is 9.64. The Morgan fingerprint density at radius 1 is 0.811 bits per heavy atom. The minimum absolute atomic E-state index is 0.534. The molecule has 193 valence electrons. The number of unbranched alkanes of at least 4 members (excludes halogenated alkanes) is 1. The van der Waals surface area contributed by atoms with Gasteiger partial charge in [-0.15, -0.1) is 0 Å². The first-order chi connectivity index (χ1) is 18.1. The number of H-pyrrole nitrogens is 1. The summed E-state index contributed by atoms with van der Waals surface area (Å²) in [5.41, 5.74) is 6.20. The second kappa shape index (κ2) is 15.6. The van der Waals surface area contributed by atoms with E-state index in [0.29, 0.717) is 19.1 Å². The van der Waals surface area contributed by atoms with Gasteiger partial charge in [0.15, 0.2) is 7.28 Å². The van der Waals surface area contributed by atoms with E-state index in [2.05, 4.69) is 73.6 Å². The molecule has 5 heteroatoms. The molecular weight excluding hydrogens is 455 g/mol. The number of benzene rings is 3. The average molecular weight is 495 g/mol. The maximum absolute atomic E-state index is 5.50. The third kappa shape index (κ3) is 9.49. The van der Waals surface area contributed by atoms with Gasteiger partial charge in [0, 0.05) is 5.69 Å². The molecule has 1 radical (unpaired) electrons. The lowest BCUT2D eigenvalue weighted by Gasteiger charge is -2.11. The topological polar surface area (TPSA) is 47.1 Å². The molecule has 1 heterocycles. The lowest BCUT2D eigenvalue weighted by Crippen LogP contribution is -2.26. The van der Waals surface area contributed by atoms with Crippen molar-refractivity contribution in [3.05, 3.63) is 102 Å². The molecular formula is C32H40BN2O2. The second-order valence-corrected chi connectivity index (χ2v) is 9.10. The summed E-state index contributed by atoms with van der Waals surface area (Å²) in [6.07, 6.45) is 6.41. The van der Waals surface area contributed by atoms with Crippen LogP contribution in [0.2, 0.25) is 0 Å². The van der Waals surface area contributed by atoms with Crippen LogP contribution in [0, 0.1) is 0 Å². The molecule has 0 aliphatic rings. The Kier molecular flexibility index (Phi) is 11.9. The number of aromatic nitrogens is 2. The van der Waals surface area contributed by atoms with Crippen LogP contribution in [0.3, 0.4) is 0 Å². The molecule has 0 amide bonds. The number of rotatable bonds is 12. The minimum atomic E-state index is 0.534. The molecule has 0 spiro atoms. The van der Waals surface area contributed by atoms with Gasteiger partial charge in [0.2, 0.25) is 0 Å². The van der Waals surface area contributed by atoms with Crippen LogP contribution in [0.15, 0.2) is 85.2 Å². The van der Waals surface area contributed by atoms with Gasteiger partial charge in [-0.05, 0) is 68.9 Å². The summed E-state index contributed by atoms with van der Waals surface area (Å²) in [5.74, 6) is 2.33. The van der Waals surface area contributed by atoms with Gasteiger partial charge < -0.3 is 14.5 Å². The van der Waals surface area contributed by atoms with Crippen molar-refractivity contribution in [1.82, 2.24) is 9.97 Å². The Bertz CT molecular complexity index is 1130. The summed E-state index contributed by atoms with van der Waals surface area (Å²) in [7, 11) is 2.12. The van der Waals surface area contributed by atoms with Crippen molar-refractivity contribution in [2.75, 3.05) is 13.2 Å². The fourth-order valence-corrected chi connectivity index (χ4v) is 4.21. The van der Waals surface area contributed by atoms with Crippen LogP contribution < -0.4 is 20.4 Å². The van der Waals surface area contributed by atoms with E-state index < -0.39 is 0 Å². The molecule has 0 saturated carbocycles. The number of aromatic amines is 1. The van der Waals surface area contributed by atoms with Crippen molar-refractivity contribution >= 4 is 18.2 Å². The molecule has 4 aromatic rings. The number of ether oxygens (including phenoxy) is 2. The smallest absolute Gasteiger partial charge is 0.191 e. The van der Waals surface area contributed by atoms with Crippen LogP contribution >= 0.6 is 0 Å². The molecule has 4 nitrogen and oxygen atoms in total. The van der Waals surface area contributed by atoms with Crippen molar-refractivity contribution in [1.29, 1.82) is 0 Å². The summed E-state index contributed by atoms with van der Waals surface area (Å²) in [5, 5.41) is 0. The quantitative estimate of drug-likeness (QED) is 0.237. The SMILES string of the molecule is CCCCc1nc[nH]c1CC(C)c1ccccc1.CCOc1cccc([B]c2cccc(OCC)c2)c1. The van der Waals surface area contributed by atoms with Gasteiger partial charge in [0.25, 0.3) is 0 Å².